The van der Waals surface area contributed by atoms with Gasteiger partial charge in [-0.05, 0) is 54.3 Å². The number of carbonyl (C=O) groups excluding carboxylic acids is 2. The minimum absolute atomic E-state index is 0.189. The molecular weight excluding hydrogens is 392 g/mol. The van der Waals surface area contributed by atoms with Crippen LogP contribution in [0.5, 0.6) is 11.5 Å². The van der Waals surface area contributed by atoms with E-state index in [0.29, 0.717) is 36.8 Å². The molecule has 0 aromatic heterocycles. The number of nitrogens with zero attached hydrogens (tertiary/aromatic N) is 1. The molecule has 0 aliphatic carbocycles. The Labute approximate surface area is 183 Å². The molecule has 2 amide bonds. The van der Waals surface area contributed by atoms with Crippen LogP contribution in [0, 0.1) is 0 Å². The van der Waals surface area contributed by atoms with E-state index in [1.807, 2.05) is 47.4 Å². The molecule has 6 heteroatoms. The van der Waals surface area contributed by atoms with E-state index in [9.17, 15) is 9.59 Å². The zero-order valence-corrected chi connectivity index (χ0v) is 18.2. The summed E-state index contributed by atoms with van der Waals surface area (Å²) in [5.41, 5.74) is 2.55. The van der Waals surface area contributed by atoms with E-state index in [2.05, 4.69) is 12.2 Å². The predicted molar refractivity (Wildman–Crippen MR) is 122 cm³/mol. The Balaban J connectivity index is 1.59. The molecule has 1 aliphatic heterocycles. The van der Waals surface area contributed by atoms with Crippen molar-refractivity contribution in [1.29, 1.82) is 0 Å². The highest BCUT2D eigenvalue weighted by Gasteiger charge is 2.20. The molecule has 0 saturated carbocycles. The monoisotopic (exact) mass is 422 g/mol. The molecule has 1 heterocycles. The summed E-state index contributed by atoms with van der Waals surface area (Å²) in [5, 5.41) is 2.88. The number of nitrogens with one attached hydrogen (secondary N) is 1. The van der Waals surface area contributed by atoms with Crippen molar-refractivity contribution in [1.82, 2.24) is 4.90 Å². The average molecular weight is 423 g/mol. The van der Waals surface area contributed by atoms with Crippen molar-refractivity contribution in [2.45, 2.75) is 39.2 Å². The van der Waals surface area contributed by atoms with Crippen molar-refractivity contribution in [3.8, 4) is 11.5 Å². The fourth-order valence-corrected chi connectivity index (χ4v) is 3.43. The van der Waals surface area contributed by atoms with E-state index in [1.165, 1.54) is 6.08 Å². The first kappa shape index (κ1) is 22.4. The van der Waals surface area contributed by atoms with Gasteiger partial charge in [-0.15, -0.1) is 0 Å². The van der Waals surface area contributed by atoms with Gasteiger partial charge >= 0.3 is 0 Å². The number of amides is 2. The molecule has 6 nitrogen and oxygen atoms in total. The van der Waals surface area contributed by atoms with Crippen molar-refractivity contribution >= 4 is 23.6 Å². The first-order valence-corrected chi connectivity index (χ1v) is 10.8. The summed E-state index contributed by atoms with van der Waals surface area (Å²) in [6.07, 6.45) is 6.82. The minimum Gasteiger partial charge on any atom is -0.493 e. The van der Waals surface area contributed by atoms with Crippen LogP contribution in [0.1, 0.15) is 43.7 Å². The first-order chi connectivity index (χ1) is 15.1. The molecule has 3 rings (SSSR count). The fraction of sp³-hybridized carbons (Fsp3) is 0.360. The Morgan fingerprint density at radius 3 is 2.81 bits per heavy atom. The van der Waals surface area contributed by atoms with Gasteiger partial charge in [0, 0.05) is 31.3 Å². The highest BCUT2D eigenvalue weighted by Crippen LogP contribution is 2.28. The second-order valence-corrected chi connectivity index (χ2v) is 7.55. The Kier molecular flexibility index (Phi) is 8.10. The average Bonchev–Trinajstić information content (AvgIpc) is 3.17. The van der Waals surface area contributed by atoms with Gasteiger partial charge in [0.2, 0.25) is 11.8 Å². The van der Waals surface area contributed by atoms with Crippen molar-refractivity contribution < 1.29 is 19.1 Å². The van der Waals surface area contributed by atoms with E-state index in [4.69, 9.17) is 9.47 Å². The van der Waals surface area contributed by atoms with Gasteiger partial charge in [-0.3, -0.25) is 9.59 Å². The molecule has 164 valence electrons. The maximum atomic E-state index is 12.4. The van der Waals surface area contributed by atoms with E-state index in [0.717, 1.165) is 36.9 Å². The van der Waals surface area contributed by atoms with Crippen LogP contribution in [-0.4, -0.2) is 37.0 Å². The zero-order chi connectivity index (χ0) is 22.1. The molecule has 0 unspecified atom stereocenters. The normalized spacial score (nSPS) is 13.6. The highest BCUT2D eigenvalue weighted by molar-refractivity contribution is 6.02. The smallest absolute Gasteiger partial charge is 0.248 e. The van der Waals surface area contributed by atoms with Crippen LogP contribution < -0.4 is 14.8 Å². The largest absolute Gasteiger partial charge is 0.493 e. The lowest BCUT2D eigenvalue weighted by Crippen LogP contribution is -2.23. The maximum absolute atomic E-state index is 12.4. The summed E-state index contributed by atoms with van der Waals surface area (Å²) >= 11 is 0. The van der Waals surface area contributed by atoms with E-state index in [1.54, 1.807) is 13.2 Å². The molecule has 0 bridgehead atoms. The SMILES string of the molecule is CCCCOc1ccc(/C=C/C(=O)Nc2cccc(CN3CCCC3=O)c2)cc1OC. The van der Waals surface area contributed by atoms with E-state index in [-0.39, 0.29) is 11.8 Å². The lowest BCUT2D eigenvalue weighted by Gasteiger charge is -2.16. The first-order valence-electron chi connectivity index (χ1n) is 10.8. The molecule has 0 atom stereocenters. The molecule has 31 heavy (non-hydrogen) atoms. The van der Waals surface area contributed by atoms with Gasteiger partial charge in [-0.25, -0.2) is 0 Å². The Morgan fingerprint density at radius 2 is 2.06 bits per heavy atom. The molecule has 1 saturated heterocycles. The standard InChI is InChI=1S/C25H30N2O4/c1-3-4-15-31-22-12-10-19(17-23(22)30-2)11-13-24(28)26-21-8-5-7-20(16-21)18-27-14-6-9-25(27)29/h5,7-8,10-13,16-17H,3-4,6,9,14-15,18H2,1-2H3,(H,26,28)/b13-11+. The van der Waals surface area contributed by atoms with Gasteiger partial charge in [0.25, 0.3) is 0 Å². The number of unbranched alkanes of at least 4 members (excludes halogenated alkanes) is 1. The van der Waals surface area contributed by atoms with Crippen LogP contribution in [0.2, 0.25) is 0 Å². The zero-order valence-electron chi connectivity index (χ0n) is 18.2. The van der Waals surface area contributed by atoms with Crippen LogP contribution in [-0.2, 0) is 16.1 Å². The van der Waals surface area contributed by atoms with Crippen LogP contribution in [0.25, 0.3) is 6.08 Å². The number of likely N-dealkylation sites (tertiary alicyclic amines) is 1. The summed E-state index contributed by atoms with van der Waals surface area (Å²) in [6, 6.07) is 13.2. The topological polar surface area (TPSA) is 67.9 Å². The number of hydrogen-bond acceptors (Lipinski definition) is 4. The molecular formula is C25H30N2O4. The summed E-state index contributed by atoms with van der Waals surface area (Å²) in [6.45, 7) is 4.13. The van der Waals surface area contributed by atoms with E-state index >= 15 is 0 Å². The summed E-state index contributed by atoms with van der Waals surface area (Å²) in [5.74, 6) is 1.31. The van der Waals surface area contributed by atoms with Gasteiger partial charge in [-0.2, -0.15) is 0 Å². The molecule has 0 spiro atoms. The number of hydrogen-bond donors (Lipinski definition) is 1. The van der Waals surface area contributed by atoms with Crippen LogP contribution in [0.15, 0.2) is 48.5 Å². The summed E-state index contributed by atoms with van der Waals surface area (Å²) in [7, 11) is 1.60. The number of ether oxygens (including phenoxy) is 2. The third-order valence-corrected chi connectivity index (χ3v) is 5.11. The third kappa shape index (κ3) is 6.60. The predicted octanol–water partition coefficient (Wildman–Crippen LogP) is 4.65. The van der Waals surface area contributed by atoms with Gasteiger partial charge < -0.3 is 19.7 Å². The summed E-state index contributed by atoms with van der Waals surface area (Å²) < 4.78 is 11.1. The lowest BCUT2D eigenvalue weighted by atomic mass is 10.1. The molecule has 2 aromatic rings. The van der Waals surface area contributed by atoms with Crippen LogP contribution in [0.3, 0.4) is 0 Å². The van der Waals surface area contributed by atoms with Gasteiger partial charge in [-0.1, -0.05) is 31.5 Å². The Morgan fingerprint density at radius 1 is 1.19 bits per heavy atom. The molecule has 2 aromatic carbocycles. The minimum atomic E-state index is -0.225. The lowest BCUT2D eigenvalue weighted by molar-refractivity contribution is -0.128. The van der Waals surface area contributed by atoms with Gasteiger partial charge in [0.15, 0.2) is 11.5 Å². The number of methoxy groups -OCH3 is 1. The van der Waals surface area contributed by atoms with Gasteiger partial charge in [0.1, 0.15) is 0 Å². The number of carbonyl (C=O) groups is 2. The van der Waals surface area contributed by atoms with Crippen molar-refractivity contribution in [3.63, 3.8) is 0 Å². The third-order valence-electron chi connectivity index (χ3n) is 5.11. The van der Waals surface area contributed by atoms with Crippen molar-refractivity contribution in [2.24, 2.45) is 0 Å². The van der Waals surface area contributed by atoms with E-state index < -0.39 is 0 Å². The molecule has 0 radical (unpaired) electrons. The van der Waals surface area contributed by atoms with Gasteiger partial charge in [0.05, 0.1) is 13.7 Å². The van der Waals surface area contributed by atoms with Crippen molar-refractivity contribution in [3.05, 3.63) is 59.7 Å². The second-order valence-electron chi connectivity index (χ2n) is 7.55. The number of anilines is 1. The molecule has 1 N–H and O–H groups in total. The highest BCUT2D eigenvalue weighted by atomic mass is 16.5. The van der Waals surface area contributed by atoms with Crippen LogP contribution in [0.4, 0.5) is 5.69 Å². The van der Waals surface area contributed by atoms with Crippen LogP contribution >= 0.6 is 0 Å². The quantitative estimate of drug-likeness (QED) is 0.447. The maximum Gasteiger partial charge on any atom is 0.248 e. The number of benzene rings is 2. The summed E-state index contributed by atoms with van der Waals surface area (Å²) in [4.78, 5) is 26.0. The van der Waals surface area contributed by atoms with Crippen molar-refractivity contribution in [2.75, 3.05) is 25.6 Å². The Bertz CT molecular complexity index is 939. The second kappa shape index (κ2) is 11.2. The number of rotatable bonds is 10. The Hall–Kier alpha value is -3.28. The molecule has 1 aliphatic rings. The molecule has 1 fully saturated rings. The fourth-order valence-electron chi connectivity index (χ4n) is 3.43.